The van der Waals surface area contributed by atoms with Gasteiger partial charge in [0.2, 0.25) is 5.09 Å². The Kier molecular flexibility index (Phi) is 5.16. The summed E-state index contributed by atoms with van der Waals surface area (Å²) in [7, 11) is -5.87. The van der Waals surface area contributed by atoms with Gasteiger partial charge in [0.15, 0.2) is 5.03 Å². The van der Waals surface area contributed by atoms with Crippen molar-refractivity contribution in [3.8, 4) is 0 Å². The van der Waals surface area contributed by atoms with Gasteiger partial charge in [-0.2, -0.15) is 8.42 Å². The zero-order chi connectivity index (χ0) is 20.4. The van der Waals surface area contributed by atoms with Crippen LogP contribution in [-0.2, 0) is 26.6 Å². The molecule has 1 unspecified atom stereocenters. The van der Waals surface area contributed by atoms with Crippen molar-refractivity contribution in [1.29, 1.82) is 0 Å². The van der Waals surface area contributed by atoms with E-state index in [-0.39, 0.29) is 21.6 Å². The van der Waals surface area contributed by atoms with Crippen LogP contribution in [0.4, 0.5) is 10.1 Å². The molecule has 0 radical (unpaired) electrons. The zero-order valence-electron chi connectivity index (χ0n) is 14.9. The van der Waals surface area contributed by atoms with Crippen molar-refractivity contribution in [2.24, 2.45) is 0 Å². The highest BCUT2D eigenvalue weighted by atomic mass is 32.2. The minimum absolute atomic E-state index is 0.0602. The van der Waals surface area contributed by atoms with Crippen LogP contribution in [0.5, 0.6) is 0 Å². The Labute approximate surface area is 168 Å². The van der Waals surface area contributed by atoms with Crippen LogP contribution in [0.2, 0.25) is 0 Å². The van der Waals surface area contributed by atoms with Crippen molar-refractivity contribution in [2.45, 2.75) is 15.9 Å². The number of sulfonamides is 1. The number of fused-ring (bicyclic) bond motifs is 1. The molecule has 2 aromatic heterocycles. The lowest BCUT2D eigenvalue weighted by molar-refractivity contribution is 0.484. The van der Waals surface area contributed by atoms with Crippen LogP contribution in [0.25, 0.3) is 11.0 Å². The van der Waals surface area contributed by atoms with E-state index in [1.165, 1.54) is 6.07 Å². The monoisotopic (exact) mass is 430 g/mol. The number of rotatable bonds is 6. The topological polar surface area (TPSA) is 89.3 Å². The fourth-order valence-corrected chi connectivity index (χ4v) is 5.01. The average molecular weight is 430 g/mol. The van der Waals surface area contributed by atoms with Crippen molar-refractivity contribution >= 4 is 37.5 Å². The van der Waals surface area contributed by atoms with Gasteiger partial charge in [-0.25, -0.2) is 9.37 Å². The van der Waals surface area contributed by atoms with E-state index in [2.05, 4.69) is 9.71 Å². The van der Waals surface area contributed by atoms with Gasteiger partial charge in [0.05, 0.1) is 28.4 Å². The quantitative estimate of drug-likeness (QED) is 0.498. The predicted octanol–water partition coefficient (Wildman–Crippen LogP) is 4.08. The number of nitrogens with zero attached hydrogens (tertiary/aromatic N) is 1. The molecule has 6 nitrogen and oxygen atoms in total. The second-order valence-electron chi connectivity index (χ2n) is 6.19. The Morgan fingerprint density at radius 3 is 2.52 bits per heavy atom. The van der Waals surface area contributed by atoms with Crippen LogP contribution < -0.4 is 4.72 Å². The molecule has 2 aromatic carbocycles. The number of benzene rings is 2. The standard InChI is InChI=1S/C20H15FN2O4S2/c21-16-11-17(20(22-12-16)28(24)13-14-6-2-1-3-7-14)23-29(25,26)19-10-15-8-4-5-9-18(15)27-19/h1-12,23H,13H2. The summed E-state index contributed by atoms with van der Waals surface area (Å²) in [6.07, 6.45) is 0.900. The van der Waals surface area contributed by atoms with Gasteiger partial charge in [0.1, 0.15) is 11.4 Å². The number of aromatic nitrogens is 1. The molecule has 4 aromatic rings. The fraction of sp³-hybridized carbons (Fsp3) is 0.0500. The first-order valence-electron chi connectivity index (χ1n) is 8.52. The summed E-state index contributed by atoms with van der Waals surface area (Å²) in [4.78, 5) is 3.86. The average Bonchev–Trinajstić information content (AvgIpc) is 3.14. The van der Waals surface area contributed by atoms with Crippen LogP contribution in [0.3, 0.4) is 0 Å². The molecule has 0 fully saturated rings. The summed E-state index contributed by atoms with van der Waals surface area (Å²) in [5.74, 6) is -0.647. The Balaban J connectivity index is 1.67. The SMILES string of the molecule is O=S(Cc1ccccc1)c1ncc(F)cc1NS(=O)(=O)c1cc2ccccc2o1. The Morgan fingerprint density at radius 2 is 1.76 bits per heavy atom. The molecule has 148 valence electrons. The predicted molar refractivity (Wildman–Crippen MR) is 108 cm³/mol. The van der Waals surface area contributed by atoms with Gasteiger partial charge >= 0.3 is 0 Å². The van der Waals surface area contributed by atoms with E-state index in [9.17, 15) is 17.0 Å². The molecule has 0 saturated carbocycles. The van der Waals surface area contributed by atoms with Gasteiger partial charge in [0, 0.05) is 17.5 Å². The number of para-hydroxylation sites is 1. The number of hydrogen-bond donors (Lipinski definition) is 1. The largest absolute Gasteiger partial charge is 0.443 e. The minimum atomic E-state index is -4.18. The molecule has 9 heteroatoms. The van der Waals surface area contributed by atoms with E-state index >= 15 is 0 Å². The molecule has 0 saturated heterocycles. The number of anilines is 1. The first-order chi connectivity index (χ1) is 13.9. The van der Waals surface area contributed by atoms with Gasteiger partial charge in [-0.15, -0.1) is 0 Å². The molecule has 2 heterocycles. The third-order valence-corrected chi connectivity index (χ3v) is 6.66. The summed E-state index contributed by atoms with van der Waals surface area (Å²) in [5.41, 5.74) is 0.987. The molecule has 1 atom stereocenters. The third-order valence-electron chi connectivity index (χ3n) is 4.09. The molecule has 0 bridgehead atoms. The highest BCUT2D eigenvalue weighted by Crippen LogP contribution is 2.27. The van der Waals surface area contributed by atoms with Gasteiger partial charge in [-0.3, -0.25) is 8.93 Å². The Hall–Kier alpha value is -3.04. The number of hydrogen-bond acceptors (Lipinski definition) is 5. The molecule has 0 aliphatic heterocycles. The normalized spacial score (nSPS) is 12.7. The number of furan rings is 1. The van der Waals surface area contributed by atoms with E-state index < -0.39 is 26.6 Å². The molecule has 4 rings (SSSR count). The second-order valence-corrected chi connectivity index (χ2v) is 9.17. The lowest BCUT2D eigenvalue weighted by Crippen LogP contribution is -2.15. The van der Waals surface area contributed by atoms with Gasteiger partial charge in [-0.1, -0.05) is 48.5 Å². The van der Waals surface area contributed by atoms with Crippen molar-refractivity contribution in [1.82, 2.24) is 4.98 Å². The van der Waals surface area contributed by atoms with E-state index in [0.717, 1.165) is 17.8 Å². The highest BCUT2D eigenvalue weighted by Gasteiger charge is 2.23. The number of nitrogens with one attached hydrogen (secondary N) is 1. The highest BCUT2D eigenvalue weighted by molar-refractivity contribution is 7.92. The van der Waals surface area contributed by atoms with Crippen LogP contribution in [0.1, 0.15) is 5.56 Å². The van der Waals surface area contributed by atoms with Gasteiger partial charge in [0.25, 0.3) is 10.0 Å². The molecule has 0 amide bonds. The summed E-state index contributed by atoms with van der Waals surface area (Å²) in [6.45, 7) is 0. The second kappa shape index (κ2) is 7.76. The maximum absolute atomic E-state index is 13.8. The van der Waals surface area contributed by atoms with Crippen molar-refractivity contribution in [3.05, 3.63) is 84.3 Å². The summed E-state index contributed by atoms with van der Waals surface area (Å²) in [5, 5.41) is 0.218. The first kappa shape index (κ1) is 19.3. The van der Waals surface area contributed by atoms with E-state index in [1.54, 1.807) is 48.5 Å². The Morgan fingerprint density at radius 1 is 1.03 bits per heavy atom. The van der Waals surface area contributed by atoms with Gasteiger partial charge in [-0.05, 0) is 11.6 Å². The van der Waals surface area contributed by atoms with Crippen LogP contribution in [0, 0.1) is 5.82 Å². The molecule has 29 heavy (non-hydrogen) atoms. The summed E-state index contributed by atoms with van der Waals surface area (Å²) in [6, 6.07) is 18.2. The van der Waals surface area contributed by atoms with Crippen molar-refractivity contribution < 1.29 is 21.4 Å². The van der Waals surface area contributed by atoms with E-state index in [0.29, 0.717) is 11.0 Å². The number of halogens is 1. The fourth-order valence-electron chi connectivity index (χ4n) is 2.76. The van der Waals surface area contributed by atoms with E-state index in [1.807, 2.05) is 6.07 Å². The van der Waals surface area contributed by atoms with Crippen molar-refractivity contribution in [3.63, 3.8) is 0 Å². The zero-order valence-corrected chi connectivity index (χ0v) is 16.5. The maximum atomic E-state index is 13.8. The van der Waals surface area contributed by atoms with Crippen LogP contribution in [-0.4, -0.2) is 17.6 Å². The van der Waals surface area contributed by atoms with Crippen LogP contribution in [0.15, 0.2) is 87.5 Å². The minimum Gasteiger partial charge on any atom is -0.443 e. The third kappa shape index (κ3) is 4.20. The maximum Gasteiger partial charge on any atom is 0.295 e. The summed E-state index contributed by atoms with van der Waals surface area (Å²) >= 11 is 0. The number of pyridine rings is 1. The molecular formula is C20H15FN2O4S2. The van der Waals surface area contributed by atoms with Crippen LogP contribution >= 0.6 is 0 Å². The smallest absolute Gasteiger partial charge is 0.295 e. The van der Waals surface area contributed by atoms with E-state index in [4.69, 9.17) is 4.42 Å². The van der Waals surface area contributed by atoms with Crippen molar-refractivity contribution in [2.75, 3.05) is 4.72 Å². The first-order valence-corrected chi connectivity index (χ1v) is 11.3. The van der Waals surface area contributed by atoms with Gasteiger partial charge < -0.3 is 4.42 Å². The summed E-state index contributed by atoms with van der Waals surface area (Å²) < 4.78 is 59.7. The molecule has 0 spiro atoms. The molecule has 0 aliphatic carbocycles. The molecule has 0 aliphatic rings. The lowest BCUT2D eigenvalue weighted by atomic mass is 10.2. The lowest BCUT2D eigenvalue weighted by Gasteiger charge is -2.10. The molecule has 1 N–H and O–H groups in total. The Bertz CT molecular complexity index is 1270. The molecular weight excluding hydrogens is 415 g/mol.